The van der Waals surface area contributed by atoms with Gasteiger partial charge in [0.15, 0.2) is 0 Å². The van der Waals surface area contributed by atoms with Crippen molar-refractivity contribution in [3.05, 3.63) is 52.8 Å². The number of nitrogens with one attached hydrogen (secondary N) is 2. The predicted octanol–water partition coefficient (Wildman–Crippen LogP) is 4.13. The SMILES string of the molecule is COC(=O)c1ccc(Cl)c(NC(=O)c2ccc(NC3CCCC3)cn2)c1. The molecule has 1 aliphatic rings. The molecule has 1 aromatic heterocycles. The van der Waals surface area contributed by atoms with Crippen LogP contribution in [0.5, 0.6) is 0 Å². The molecule has 7 heteroatoms. The minimum Gasteiger partial charge on any atom is -0.465 e. The third kappa shape index (κ3) is 4.32. The summed E-state index contributed by atoms with van der Waals surface area (Å²) in [6.45, 7) is 0. The second kappa shape index (κ2) is 8.19. The van der Waals surface area contributed by atoms with Crippen LogP contribution in [0.4, 0.5) is 11.4 Å². The Morgan fingerprint density at radius 2 is 1.96 bits per heavy atom. The normalized spacial score (nSPS) is 14.1. The Labute approximate surface area is 156 Å². The lowest BCUT2D eigenvalue weighted by Gasteiger charge is -2.13. The minimum atomic E-state index is -0.502. The molecule has 1 heterocycles. The van der Waals surface area contributed by atoms with Gasteiger partial charge in [0.25, 0.3) is 5.91 Å². The number of hydrogen-bond acceptors (Lipinski definition) is 5. The number of rotatable bonds is 5. The molecule has 26 heavy (non-hydrogen) atoms. The lowest BCUT2D eigenvalue weighted by Crippen LogP contribution is -2.17. The molecule has 0 saturated heterocycles. The van der Waals surface area contributed by atoms with Gasteiger partial charge < -0.3 is 15.4 Å². The van der Waals surface area contributed by atoms with E-state index in [-0.39, 0.29) is 5.69 Å². The van der Waals surface area contributed by atoms with E-state index in [1.807, 2.05) is 6.07 Å². The molecule has 0 aliphatic heterocycles. The van der Waals surface area contributed by atoms with Crippen LogP contribution in [0.3, 0.4) is 0 Å². The van der Waals surface area contributed by atoms with Gasteiger partial charge in [0, 0.05) is 6.04 Å². The monoisotopic (exact) mass is 373 g/mol. The Balaban J connectivity index is 1.68. The van der Waals surface area contributed by atoms with E-state index in [4.69, 9.17) is 11.6 Å². The molecule has 1 aromatic carbocycles. The molecule has 0 bridgehead atoms. The highest BCUT2D eigenvalue weighted by Crippen LogP contribution is 2.25. The number of carbonyl (C=O) groups excluding carboxylic acids is 2. The fraction of sp³-hybridized carbons (Fsp3) is 0.316. The number of halogens is 1. The van der Waals surface area contributed by atoms with E-state index in [0.717, 1.165) is 18.5 Å². The van der Waals surface area contributed by atoms with Crippen molar-refractivity contribution in [1.29, 1.82) is 0 Å². The van der Waals surface area contributed by atoms with Crippen LogP contribution in [0.2, 0.25) is 5.02 Å². The van der Waals surface area contributed by atoms with E-state index in [0.29, 0.717) is 22.3 Å². The Bertz CT molecular complexity index is 802. The van der Waals surface area contributed by atoms with Crippen molar-refractivity contribution in [1.82, 2.24) is 4.98 Å². The third-order valence-electron chi connectivity index (χ3n) is 4.36. The number of benzene rings is 1. The second-order valence-electron chi connectivity index (χ2n) is 6.20. The summed E-state index contributed by atoms with van der Waals surface area (Å²) in [5, 5.41) is 6.43. The first-order valence-corrected chi connectivity index (χ1v) is 8.86. The van der Waals surface area contributed by atoms with Crippen molar-refractivity contribution in [2.24, 2.45) is 0 Å². The molecule has 2 aromatic rings. The number of pyridine rings is 1. The van der Waals surface area contributed by atoms with Crippen LogP contribution < -0.4 is 10.6 Å². The van der Waals surface area contributed by atoms with Gasteiger partial charge in [0.1, 0.15) is 5.69 Å². The first-order chi connectivity index (χ1) is 12.6. The van der Waals surface area contributed by atoms with Crippen LogP contribution in [0.25, 0.3) is 0 Å². The molecule has 6 nitrogen and oxygen atoms in total. The Hall–Kier alpha value is -2.60. The summed E-state index contributed by atoms with van der Waals surface area (Å²) >= 11 is 6.10. The summed E-state index contributed by atoms with van der Waals surface area (Å²) in [6, 6.07) is 8.52. The summed E-state index contributed by atoms with van der Waals surface area (Å²) in [6.07, 6.45) is 6.47. The molecular formula is C19H20ClN3O3. The van der Waals surface area contributed by atoms with Crippen LogP contribution in [-0.2, 0) is 4.74 Å². The minimum absolute atomic E-state index is 0.265. The molecule has 1 fully saturated rings. The first-order valence-electron chi connectivity index (χ1n) is 8.48. The quantitative estimate of drug-likeness (QED) is 0.770. The van der Waals surface area contributed by atoms with E-state index in [9.17, 15) is 9.59 Å². The average Bonchev–Trinajstić information content (AvgIpc) is 3.16. The van der Waals surface area contributed by atoms with Crippen molar-refractivity contribution in [2.45, 2.75) is 31.7 Å². The maximum absolute atomic E-state index is 12.4. The number of nitrogens with zero attached hydrogens (tertiary/aromatic N) is 1. The zero-order chi connectivity index (χ0) is 18.5. The van der Waals surface area contributed by atoms with E-state index in [2.05, 4.69) is 20.4 Å². The zero-order valence-electron chi connectivity index (χ0n) is 14.4. The van der Waals surface area contributed by atoms with Crippen LogP contribution in [0.1, 0.15) is 46.5 Å². The van der Waals surface area contributed by atoms with E-state index in [1.165, 1.54) is 38.2 Å². The molecule has 2 N–H and O–H groups in total. The van der Waals surface area contributed by atoms with Gasteiger partial charge in [-0.1, -0.05) is 24.4 Å². The maximum Gasteiger partial charge on any atom is 0.337 e. The van der Waals surface area contributed by atoms with Gasteiger partial charge in [0.05, 0.1) is 35.3 Å². The molecular weight excluding hydrogens is 354 g/mol. The van der Waals surface area contributed by atoms with Crippen molar-refractivity contribution < 1.29 is 14.3 Å². The van der Waals surface area contributed by atoms with E-state index >= 15 is 0 Å². The number of hydrogen-bond donors (Lipinski definition) is 2. The molecule has 0 atom stereocenters. The lowest BCUT2D eigenvalue weighted by atomic mass is 10.2. The fourth-order valence-electron chi connectivity index (χ4n) is 2.97. The maximum atomic E-state index is 12.4. The highest BCUT2D eigenvalue weighted by Gasteiger charge is 2.16. The number of amides is 1. The van der Waals surface area contributed by atoms with Gasteiger partial charge in [-0.3, -0.25) is 4.79 Å². The number of esters is 1. The predicted molar refractivity (Wildman–Crippen MR) is 101 cm³/mol. The summed E-state index contributed by atoms with van der Waals surface area (Å²) in [4.78, 5) is 28.2. The van der Waals surface area contributed by atoms with Gasteiger partial charge in [-0.05, 0) is 43.2 Å². The zero-order valence-corrected chi connectivity index (χ0v) is 15.2. The van der Waals surface area contributed by atoms with Gasteiger partial charge in [0.2, 0.25) is 0 Å². The largest absolute Gasteiger partial charge is 0.465 e. The molecule has 1 aliphatic carbocycles. The average molecular weight is 374 g/mol. The van der Waals surface area contributed by atoms with Crippen LogP contribution >= 0.6 is 11.6 Å². The summed E-state index contributed by atoms with van der Waals surface area (Å²) in [5.41, 5.74) is 1.80. The van der Waals surface area contributed by atoms with Crippen molar-refractivity contribution in [3.8, 4) is 0 Å². The van der Waals surface area contributed by atoms with Crippen LogP contribution in [0, 0.1) is 0 Å². The molecule has 0 radical (unpaired) electrons. The number of ether oxygens (including phenoxy) is 1. The van der Waals surface area contributed by atoms with Gasteiger partial charge in [-0.2, -0.15) is 0 Å². The third-order valence-corrected chi connectivity index (χ3v) is 4.69. The van der Waals surface area contributed by atoms with Crippen molar-refractivity contribution in [2.75, 3.05) is 17.7 Å². The number of aromatic nitrogens is 1. The summed E-state index contributed by atoms with van der Waals surface area (Å²) in [5.74, 6) is -0.904. The summed E-state index contributed by atoms with van der Waals surface area (Å²) in [7, 11) is 1.29. The molecule has 136 valence electrons. The molecule has 0 spiro atoms. The van der Waals surface area contributed by atoms with Crippen molar-refractivity contribution >= 4 is 34.9 Å². The summed E-state index contributed by atoms with van der Waals surface area (Å²) < 4.78 is 4.67. The molecule has 3 rings (SSSR count). The van der Waals surface area contributed by atoms with Crippen LogP contribution in [-0.4, -0.2) is 30.0 Å². The molecule has 1 amide bonds. The van der Waals surface area contributed by atoms with Gasteiger partial charge in [-0.25, -0.2) is 9.78 Å². The number of methoxy groups -OCH3 is 1. The van der Waals surface area contributed by atoms with Crippen LogP contribution in [0.15, 0.2) is 36.5 Å². The standard InChI is InChI=1S/C19H20ClN3O3/c1-26-19(25)12-6-8-15(20)17(10-12)23-18(24)16-9-7-14(11-21-16)22-13-4-2-3-5-13/h6-11,13,22H,2-5H2,1H3,(H,23,24). The molecule has 0 unspecified atom stereocenters. The first kappa shape index (κ1) is 18.2. The van der Waals surface area contributed by atoms with E-state index < -0.39 is 11.9 Å². The van der Waals surface area contributed by atoms with Crippen molar-refractivity contribution in [3.63, 3.8) is 0 Å². The molecule has 1 saturated carbocycles. The second-order valence-corrected chi connectivity index (χ2v) is 6.61. The Kier molecular flexibility index (Phi) is 5.73. The number of carbonyl (C=O) groups is 2. The topological polar surface area (TPSA) is 80.3 Å². The van der Waals surface area contributed by atoms with Gasteiger partial charge >= 0.3 is 5.97 Å². The smallest absolute Gasteiger partial charge is 0.337 e. The number of anilines is 2. The highest BCUT2D eigenvalue weighted by atomic mass is 35.5. The Morgan fingerprint density at radius 3 is 2.62 bits per heavy atom. The van der Waals surface area contributed by atoms with E-state index in [1.54, 1.807) is 12.3 Å². The lowest BCUT2D eigenvalue weighted by molar-refractivity contribution is 0.0600. The fourth-order valence-corrected chi connectivity index (χ4v) is 3.14. The van der Waals surface area contributed by atoms with Gasteiger partial charge in [-0.15, -0.1) is 0 Å². The highest BCUT2D eigenvalue weighted by molar-refractivity contribution is 6.34. The Morgan fingerprint density at radius 1 is 1.19 bits per heavy atom.